The van der Waals surface area contributed by atoms with E-state index in [2.05, 4.69) is 16.5 Å². The van der Waals surface area contributed by atoms with Crippen molar-refractivity contribution >= 4 is 17.4 Å². The third-order valence-corrected chi connectivity index (χ3v) is 4.24. The van der Waals surface area contributed by atoms with Gasteiger partial charge in [-0.3, -0.25) is 5.01 Å². The van der Waals surface area contributed by atoms with Crippen LogP contribution < -0.4 is 14.9 Å². The van der Waals surface area contributed by atoms with Gasteiger partial charge in [0.05, 0.1) is 32.6 Å². The molecule has 136 valence electrons. The van der Waals surface area contributed by atoms with Gasteiger partial charge in [0, 0.05) is 12.1 Å². The molecule has 1 aromatic rings. The van der Waals surface area contributed by atoms with Gasteiger partial charge < -0.3 is 14.2 Å². The van der Waals surface area contributed by atoms with Crippen LogP contribution in [0.15, 0.2) is 29.3 Å². The summed E-state index contributed by atoms with van der Waals surface area (Å²) in [4.78, 5) is 16.6. The predicted octanol–water partition coefficient (Wildman–Crippen LogP) is 1.35. The molecule has 1 N–H and O–H groups in total. The van der Waals surface area contributed by atoms with E-state index >= 15 is 0 Å². The summed E-state index contributed by atoms with van der Waals surface area (Å²) in [6.45, 7) is 2.44. The van der Waals surface area contributed by atoms with E-state index < -0.39 is 12.1 Å². The van der Waals surface area contributed by atoms with E-state index in [1.54, 1.807) is 38.3 Å². The van der Waals surface area contributed by atoms with Crippen LogP contribution in [0.4, 0.5) is 0 Å². The van der Waals surface area contributed by atoms with Crippen LogP contribution in [0.5, 0.6) is 11.5 Å². The van der Waals surface area contributed by atoms with Gasteiger partial charge in [0.2, 0.25) is 0 Å². The lowest BCUT2D eigenvalue weighted by Crippen LogP contribution is -2.40. The van der Waals surface area contributed by atoms with Crippen LogP contribution >= 0.6 is 0 Å². The summed E-state index contributed by atoms with van der Waals surface area (Å²) in [6.07, 6.45) is 1.16. The smallest absolute Gasteiger partial charge is 0.356 e. The largest absolute Gasteiger partial charge is 0.493 e. The Hall–Kier alpha value is -3.05. The van der Waals surface area contributed by atoms with Crippen molar-refractivity contribution in [1.29, 1.82) is 5.26 Å². The van der Waals surface area contributed by atoms with E-state index in [1.165, 1.54) is 0 Å². The first-order valence-electron chi connectivity index (χ1n) is 8.24. The molecular weight excluding hydrogens is 336 g/mol. The van der Waals surface area contributed by atoms with E-state index in [9.17, 15) is 10.1 Å². The number of ether oxygens (including phenoxy) is 3. The van der Waals surface area contributed by atoms with Crippen LogP contribution in [0.25, 0.3) is 5.70 Å². The van der Waals surface area contributed by atoms with Crippen molar-refractivity contribution in [3.63, 3.8) is 0 Å². The number of nitrogens with one attached hydrogen (secondary N) is 1. The fraction of sp³-hybridized carbons (Fsp3) is 0.389. The molecule has 26 heavy (non-hydrogen) atoms. The molecule has 0 saturated carbocycles. The predicted molar refractivity (Wildman–Crippen MR) is 94.3 cm³/mol. The molecule has 0 bridgehead atoms. The highest BCUT2D eigenvalue weighted by Crippen LogP contribution is 2.35. The van der Waals surface area contributed by atoms with Gasteiger partial charge in [0.1, 0.15) is 11.6 Å². The Labute approximate surface area is 151 Å². The van der Waals surface area contributed by atoms with E-state index in [1.807, 2.05) is 12.1 Å². The van der Waals surface area contributed by atoms with E-state index in [4.69, 9.17) is 14.2 Å². The molecule has 2 unspecified atom stereocenters. The van der Waals surface area contributed by atoms with Crippen LogP contribution in [0.2, 0.25) is 0 Å². The van der Waals surface area contributed by atoms with E-state index in [0.29, 0.717) is 23.7 Å². The average Bonchev–Trinajstić information content (AvgIpc) is 3.09. The minimum absolute atomic E-state index is 0.196. The molecule has 8 nitrogen and oxygen atoms in total. The summed E-state index contributed by atoms with van der Waals surface area (Å²) in [5, 5.41) is 11.2. The molecule has 0 aromatic heterocycles. The lowest BCUT2D eigenvalue weighted by atomic mass is 10.0. The zero-order valence-electron chi connectivity index (χ0n) is 14.9. The van der Waals surface area contributed by atoms with E-state index in [-0.39, 0.29) is 18.2 Å². The molecule has 2 aliphatic heterocycles. The first kappa shape index (κ1) is 17.8. The summed E-state index contributed by atoms with van der Waals surface area (Å²) in [5.41, 5.74) is 4.89. The monoisotopic (exact) mass is 356 g/mol. The van der Waals surface area contributed by atoms with Crippen molar-refractivity contribution < 1.29 is 19.0 Å². The first-order valence-corrected chi connectivity index (χ1v) is 8.24. The Morgan fingerprint density at radius 2 is 2.15 bits per heavy atom. The molecule has 0 aliphatic carbocycles. The number of esters is 1. The fourth-order valence-electron chi connectivity index (χ4n) is 2.98. The van der Waals surface area contributed by atoms with Gasteiger partial charge in [-0.2, -0.15) is 5.26 Å². The first-order chi connectivity index (χ1) is 12.6. The molecule has 1 saturated heterocycles. The maximum Gasteiger partial charge on any atom is 0.356 e. The van der Waals surface area contributed by atoms with Crippen molar-refractivity contribution in [2.24, 2.45) is 10.9 Å². The number of hydrogen-bond acceptors (Lipinski definition) is 8. The van der Waals surface area contributed by atoms with Gasteiger partial charge in [-0.15, -0.1) is 0 Å². The lowest BCUT2D eigenvalue weighted by molar-refractivity contribution is -0.135. The number of nitrogens with zero attached hydrogens (tertiary/aromatic N) is 3. The zero-order valence-corrected chi connectivity index (χ0v) is 14.9. The number of aliphatic imine (C=N–C) groups is 1. The molecule has 1 fully saturated rings. The number of carbonyl (C=O) groups is 1. The van der Waals surface area contributed by atoms with Crippen molar-refractivity contribution in [2.45, 2.75) is 13.1 Å². The quantitative estimate of drug-likeness (QED) is 0.796. The summed E-state index contributed by atoms with van der Waals surface area (Å²) < 4.78 is 15.7. The molecule has 2 heterocycles. The minimum atomic E-state index is -0.506. The SMILES string of the molecule is CCOC(=O)C1=NC2C(C#N)CNN2C(c2ccc(OC)c(OC)c2)=C1. The van der Waals surface area contributed by atoms with Crippen LogP contribution in [0.1, 0.15) is 12.5 Å². The number of rotatable bonds is 5. The van der Waals surface area contributed by atoms with Crippen molar-refractivity contribution in [3.8, 4) is 17.6 Å². The van der Waals surface area contributed by atoms with Crippen LogP contribution in [-0.2, 0) is 9.53 Å². The van der Waals surface area contributed by atoms with Crippen molar-refractivity contribution in [1.82, 2.24) is 10.4 Å². The second kappa shape index (κ2) is 7.45. The summed E-state index contributed by atoms with van der Waals surface area (Å²) in [5.74, 6) is 0.295. The maximum atomic E-state index is 12.2. The van der Waals surface area contributed by atoms with Crippen LogP contribution in [0, 0.1) is 17.2 Å². The van der Waals surface area contributed by atoms with Gasteiger partial charge in [-0.1, -0.05) is 0 Å². The second-order valence-corrected chi connectivity index (χ2v) is 5.72. The molecule has 1 aromatic carbocycles. The van der Waals surface area contributed by atoms with E-state index in [0.717, 1.165) is 5.56 Å². The van der Waals surface area contributed by atoms with Crippen molar-refractivity contribution in [3.05, 3.63) is 29.8 Å². The molecule has 0 amide bonds. The number of hydrogen-bond donors (Lipinski definition) is 1. The Morgan fingerprint density at radius 1 is 1.38 bits per heavy atom. The standard InChI is InChI=1S/C18H20N4O4/c1-4-26-18(23)13-8-14(22-17(21-13)12(9-19)10-20-22)11-5-6-15(24-2)16(7-11)25-3/h5-8,12,17,20H,4,10H2,1-3H3. The Balaban J connectivity index is 2.05. The second-order valence-electron chi connectivity index (χ2n) is 5.72. The van der Waals surface area contributed by atoms with Gasteiger partial charge in [0.15, 0.2) is 17.7 Å². The fourth-order valence-corrected chi connectivity index (χ4v) is 2.98. The summed E-state index contributed by atoms with van der Waals surface area (Å²) >= 11 is 0. The normalized spacial score (nSPS) is 21.2. The van der Waals surface area contributed by atoms with Crippen molar-refractivity contribution in [2.75, 3.05) is 27.4 Å². The molecule has 2 atom stereocenters. The number of fused-ring (bicyclic) bond motifs is 1. The highest BCUT2D eigenvalue weighted by atomic mass is 16.5. The third kappa shape index (κ3) is 3.09. The number of benzene rings is 1. The maximum absolute atomic E-state index is 12.2. The van der Waals surface area contributed by atoms with Gasteiger partial charge in [-0.25, -0.2) is 15.2 Å². The van der Waals surface area contributed by atoms with Crippen LogP contribution in [0.3, 0.4) is 0 Å². The Bertz CT molecular complexity index is 812. The number of nitriles is 1. The molecular formula is C18H20N4O4. The number of methoxy groups -OCH3 is 2. The third-order valence-electron chi connectivity index (χ3n) is 4.24. The summed E-state index contributed by atoms with van der Waals surface area (Å²) in [6, 6.07) is 7.70. The zero-order chi connectivity index (χ0) is 18.7. The number of carbonyl (C=O) groups excluding carboxylic acids is 1. The lowest BCUT2D eigenvalue weighted by Gasteiger charge is -2.30. The van der Waals surface area contributed by atoms with Gasteiger partial charge >= 0.3 is 5.97 Å². The Kier molecular flexibility index (Phi) is 5.09. The molecule has 2 aliphatic rings. The van der Waals surface area contributed by atoms with Gasteiger partial charge in [0.25, 0.3) is 0 Å². The molecule has 3 rings (SSSR count). The highest BCUT2D eigenvalue weighted by molar-refractivity contribution is 6.42. The minimum Gasteiger partial charge on any atom is -0.493 e. The Morgan fingerprint density at radius 3 is 2.81 bits per heavy atom. The average molecular weight is 356 g/mol. The molecule has 0 radical (unpaired) electrons. The topological polar surface area (TPSA) is 96.2 Å². The molecule has 8 heteroatoms. The number of hydrazine groups is 1. The van der Waals surface area contributed by atoms with Gasteiger partial charge in [-0.05, 0) is 31.2 Å². The highest BCUT2D eigenvalue weighted by Gasteiger charge is 2.39. The van der Waals surface area contributed by atoms with Crippen LogP contribution in [-0.4, -0.2) is 50.2 Å². The summed E-state index contributed by atoms with van der Waals surface area (Å²) in [7, 11) is 3.13. The molecule has 0 spiro atoms.